The molecule has 7 nitrogen and oxygen atoms in total. The van der Waals surface area contributed by atoms with Gasteiger partial charge in [0.15, 0.2) is 0 Å². The van der Waals surface area contributed by atoms with Crippen molar-refractivity contribution in [2.24, 2.45) is 0 Å². The number of nitrogens with one attached hydrogen (secondary N) is 1. The van der Waals surface area contributed by atoms with Crippen molar-refractivity contribution >= 4 is 21.6 Å². The average Bonchev–Trinajstić information content (AvgIpc) is 2.72. The summed E-state index contributed by atoms with van der Waals surface area (Å²) in [5, 5.41) is 2.82. The maximum atomic E-state index is 12.7. The lowest BCUT2D eigenvalue weighted by Gasteiger charge is -2.29. The molecule has 1 amide bonds. The van der Waals surface area contributed by atoms with Crippen LogP contribution in [0.25, 0.3) is 0 Å². The minimum absolute atomic E-state index is 0.245. The van der Waals surface area contributed by atoms with E-state index < -0.39 is 22.0 Å². The number of methoxy groups -OCH3 is 1. The third kappa shape index (κ3) is 6.38. The SMILES string of the molecule is CCc1ccc(N([C@@H](C)C(=O)N[C@@H](C)COc2ccc(OC)cc2)S(C)(=O)=O)cc1. The van der Waals surface area contributed by atoms with Crippen LogP contribution < -0.4 is 19.1 Å². The molecule has 1 N–H and O–H groups in total. The van der Waals surface area contributed by atoms with Gasteiger partial charge in [-0.15, -0.1) is 0 Å². The maximum Gasteiger partial charge on any atom is 0.243 e. The van der Waals surface area contributed by atoms with Crippen molar-refractivity contribution in [1.29, 1.82) is 0 Å². The Kier molecular flexibility index (Phi) is 8.11. The van der Waals surface area contributed by atoms with E-state index in [9.17, 15) is 13.2 Å². The summed E-state index contributed by atoms with van der Waals surface area (Å²) in [5.74, 6) is 0.981. The number of benzene rings is 2. The molecule has 164 valence electrons. The van der Waals surface area contributed by atoms with Gasteiger partial charge in [0.05, 0.1) is 25.1 Å². The van der Waals surface area contributed by atoms with E-state index in [4.69, 9.17) is 9.47 Å². The normalized spacial score (nSPS) is 13.2. The highest BCUT2D eigenvalue weighted by Gasteiger charge is 2.29. The fourth-order valence-corrected chi connectivity index (χ4v) is 4.16. The van der Waals surface area contributed by atoms with E-state index in [0.717, 1.165) is 28.3 Å². The van der Waals surface area contributed by atoms with Crippen LogP contribution in [0.2, 0.25) is 0 Å². The van der Waals surface area contributed by atoms with Crippen molar-refractivity contribution in [1.82, 2.24) is 5.32 Å². The summed E-state index contributed by atoms with van der Waals surface area (Å²) in [6, 6.07) is 13.1. The summed E-state index contributed by atoms with van der Waals surface area (Å²) in [5.41, 5.74) is 1.55. The molecule has 30 heavy (non-hydrogen) atoms. The fraction of sp³-hybridized carbons (Fsp3) is 0.409. The Morgan fingerprint density at radius 1 is 1.03 bits per heavy atom. The smallest absolute Gasteiger partial charge is 0.243 e. The molecule has 0 heterocycles. The van der Waals surface area contributed by atoms with Crippen molar-refractivity contribution in [2.45, 2.75) is 39.3 Å². The van der Waals surface area contributed by atoms with Gasteiger partial charge in [-0.1, -0.05) is 19.1 Å². The van der Waals surface area contributed by atoms with E-state index in [1.807, 2.05) is 19.1 Å². The molecule has 0 saturated carbocycles. The molecule has 2 aromatic carbocycles. The average molecular weight is 435 g/mol. The lowest BCUT2D eigenvalue weighted by molar-refractivity contribution is -0.122. The summed E-state index contributed by atoms with van der Waals surface area (Å²) in [6.45, 7) is 5.64. The predicted octanol–water partition coefficient (Wildman–Crippen LogP) is 3.00. The molecule has 0 saturated heterocycles. The maximum absolute atomic E-state index is 12.7. The number of ether oxygens (including phenoxy) is 2. The lowest BCUT2D eigenvalue weighted by atomic mass is 10.1. The van der Waals surface area contributed by atoms with Gasteiger partial charge in [0.1, 0.15) is 24.1 Å². The van der Waals surface area contributed by atoms with E-state index >= 15 is 0 Å². The van der Waals surface area contributed by atoms with Crippen LogP contribution in [-0.2, 0) is 21.2 Å². The second kappa shape index (κ2) is 10.3. The molecule has 2 atom stereocenters. The molecule has 0 radical (unpaired) electrons. The number of carbonyl (C=O) groups excluding carboxylic acids is 1. The number of carbonyl (C=O) groups is 1. The van der Waals surface area contributed by atoms with Crippen LogP contribution in [0, 0.1) is 0 Å². The van der Waals surface area contributed by atoms with Gasteiger partial charge in [0, 0.05) is 0 Å². The van der Waals surface area contributed by atoms with Crippen molar-refractivity contribution in [3.8, 4) is 11.5 Å². The first-order valence-electron chi connectivity index (χ1n) is 9.81. The Labute approximate surface area is 179 Å². The second-order valence-electron chi connectivity index (χ2n) is 7.15. The molecule has 0 spiro atoms. The van der Waals surface area contributed by atoms with E-state index in [0.29, 0.717) is 11.4 Å². The molecule has 8 heteroatoms. The van der Waals surface area contributed by atoms with Crippen LogP contribution in [-0.4, -0.2) is 46.4 Å². The first-order chi connectivity index (χ1) is 14.2. The van der Waals surface area contributed by atoms with E-state index in [-0.39, 0.29) is 12.6 Å². The zero-order chi connectivity index (χ0) is 22.3. The number of anilines is 1. The molecular formula is C22H30N2O5S. The van der Waals surface area contributed by atoms with Gasteiger partial charge in [-0.25, -0.2) is 8.42 Å². The highest BCUT2D eigenvalue weighted by molar-refractivity contribution is 7.92. The highest BCUT2D eigenvalue weighted by atomic mass is 32.2. The molecule has 0 aliphatic rings. The van der Waals surface area contributed by atoms with Crippen molar-refractivity contribution in [2.75, 3.05) is 24.3 Å². The molecule has 0 aromatic heterocycles. The van der Waals surface area contributed by atoms with Crippen LogP contribution in [0.5, 0.6) is 11.5 Å². The Balaban J connectivity index is 2.02. The number of aryl methyl sites for hydroxylation is 1. The zero-order valence-corrected chi connectivity index (χ0v) is 18.9. The number of rotatable bonds is 10. The van der Waals surface area contributed by atoms with E-state index in [2.05, 4.69) is 5.32 Å². The van der Waals surface area contributed by atoms with Crippen LogP contribution in [0.3, 0.4) is 0 Å². The van der Waals surface area contributed by atoms with Gasteiger partial charge in [0.25, 0.3) is 0 Å². The van der Waals surface area contributed by atoms with Crippen LogP contribution in [0.15, 0.2) is 48.5 Å². The van der Waals surface area contributed by atoms with Gasteiger partial charge >= 0.3 is 0 Å². The largest absolute Gasteiger partial charge is 0.497 e. The molecule has 0 aliphatic heterocycles. The van der Waals surface area contributed by atoms with Gasteiger partial charge in [-0.2, -0.15) is 0 Å². The molecule has 0 aliphatic carbocycles. The van der Waals surface area contributed by atoms with Crippen molar-refractivity contribution in [3.05, 3.63) is 54.1 Å². The Morgan fingerprint density at radius 3 is 2.10 bits per heavy atom. The van der Waals surface area contributed by atoms with Gasteiger partial charge in [-0.05, 0) is 62.2 Å². The van der Waals surface area contributed by atoms with Gasteiger partial charge in [-0.3, -0.25) is 9.10 Å². The highest BCUT2D eigenvalue weighted by Crippen LogP contribution is 2.22. The third-order valence-corrected chi connectivity index (χ3v) is 5.88. The monoisotopic (exact) mass is 434 g/mol. The topological polar surface area (TPSA) is 84.9 Å². The lowest BCUT2D eigenvalue weighted by Crippen LogP contribution is -2.50. The number of hydrogen-bond donors (Lipinski definition) is 1. The second-order valence-corrected chi connectivity index (χ2v) is 9.01. The molecular weight excluding hydrogens is 404 g/mol. The van der Waals surface area contributed by atoms with Crippen molar-refractivity contribution in [3.63, 3.8) is 0 Å². The van der Waals surface area contributed by atoms with Crippen LogP contribution in [0.1, 0.15) is 26.3 Å². The predicted molar refractivity (Wildman–Crippen MR) is 119 cm³/mol. The quantitative estimate of drug-likeness (QED) is 0.621. The molecule has 0 fully saturated rings. The van der Waals surface area contributed by atoms with Crippen LogP contribution in [0.4, 0.5) is 5.69 Å². The van der Waals surface area contributed by atoms with E-state index in [1.165, 1.54) is 0 Å². The first kappa shape index (κ1) is 23.5. The number of nitrogens with zero attached hydrogens (tertiary/aromatic N) is 1. The molecule has 2 aromatic rings. The minimum Gasteiger partial charge on any atom is -0.497 e. The third-order valence-electron chi connectivity index (χ3n) is 4.64. The number of amides is 1. The zero-order valence-electron chi connectivity index (χ0n) is 18.1. The Morgan fingerprint density at radius 2 is 1.60 bits per heavy atom. The van der Waals surface area contributed by atoms with Crippen LogP contribution >= 0.6 is 0 Å². The molecule has 0 bridgehead atoms. The summed E-state index contributed by atoms with van der Waals surface area (Å²) >= 11 is 0. The molecule has 2 rings (SSSR count). The summed E-state index contributed by atoms with van der Waals surface area (Å²) in [4.78, 5) is 12.7. The first-order valence-corrected chi connectivity index (χ1v) is 11.7. The summed E-state index contributed by atoms with van der Waals surface area (Å²) in [7, 11) is -2.06. The van der Waals surface area contributed by atoms with Crippen molar-refractivity contribution < 1.29 is 22.7 Å². The Bertz CT molecular complexity index is 927. The standard InChI is InChI=1S/C22H30N2O5S/c1-6-18-7-9-19(10-8-18)24(30(5,26)27)17(3)22(25)23-16(2)15-29-21-13-11-20(28-4)12-14-21/h7-14,16-17H,6,15H2,1-5H3,(H,23,25)/t16-,17-/m0/s1. The van der Waals surface area contributed by atoms with Gasteiger partial charge in [0.2, 0.25) is 15.9 Å². The van der Waals surface area contributed by atoms with E-state index in [1.54, 1.807) is 57.4 Å². The molecule has 0 unspecified atom stereocenters. The number of hydrogen-bond acceptors (Lipinski definition) is 5. The van der Waals surface area contributed by atoms with Gasteiger partial charge < -0.3 is 14.8 Å². The number of sulfonamides is 1. The minimum atomic E-state index is -3.65. The fourth-order valence-electron chi connectivity index (χ4n) is 2.99. The summed E-state index contributed by atoms with van der Waals surface area (Å²) < 4.78 is 36.7. The Hall–Kier alpha value is -2.74. The summed E-state index contributed by atoms with van der Waals surface area (Å²) in [6.07, 6.45) is 1.95.